The normalized spacial score (nSPS) is 10.2. The molecule has 3 nitrogen and oxygen atoms in total. The van der Waals surface area contributed by atoms with Crippen molar-refractivity contribution in [2.24, 2.45) is 0 Å². The summed E-state index contributed by atoms with van der Waals surface area (Å²) in [6, 6.07) is 1.85. The monoisotopic (exact) mass is 163 g/mol. The van der Waals surface area contributed by atoms with Crippen LogP contribution in [0.5, 0.6) is 0 Å². The van der Waals surface area contributed by atoms with Gasteiger partial charge in [-0.3, -0.25) is 4.98 Å². The molecule has 1 aromatic heterocycles. The van der Waals surface area contributed by atoms with E-state index in [4.69, 9.17) is 11.1 Å². The van der Waals surface area contributed by atoms with Crippen LogP contribution in [-0.2, 0) is 0 Å². The molecule has 0 aliphatic heterocycles. The molecule has 64 valence electrons. The molecule has 0 aliphatic rings. The van der Waals surface area contributed by atoms with E-state index in [0.29, 0.717) is 11.6 Å². The Labute approximate surface area is 72.1 Å². The summed E-state index contributed by atoms with van der Waals surface area (Å²) in [5.74, 6) is 0.379. The molecule has 0 saturated carbocycles. The number of aromatic nitrogens is 1. The smallest absolute Gasteiger partial charge is 0.0589 e. The second-order valence-electron chi connectivity index (χ2n) is 3.04. The number of hydrogen-bond donors (Lipinski definition) is 2. The van der Waals surface area contributed by atoms with Crippen LogP contribution in [0.1, 0.15) is 31.0 Å². The van der Waals surface area contributed by atoms with Gasteiger partial charge in [-0.1, -0.05) is 13.8 Å². The van der Waals surface area contributed by atoms with Gasteiger partial charge in [0, 0.05) is 17.5 Å². The Bertz CT molecular complexity index is 292. The van der Waals surface area contributed by atoms with Crippen molar-refractivity contribution in [3.05, 3.63) is 23.5 Å². The molecule has 0 saturated heterocycles. The van der Waals surface area contributed by atoms with Gasteiger partial charge in [-0.25, -0.2) is 0 Å². The molecule has 0 spiro atoms. The maximum Gasteiger partial charge on any atom is 0.0589 e. The van der Waals surface area contributed by atoms with Crippen LogP contribution in [0.3, 0.4) is 0 Å². The molecule has 0 atom stereocenters. The highest BCUT2D eigenvalue weighted by molar-refractivity contribution is 5.84. The van der Waals surface area contributed by atoms with E-state index >= 15 is 0 Å². The summed E-state index contributed by atoms with van der Waals surface area (Å²) >= 11 is 0. The first-order chi connectivity index (χ1) is 5.65. The molecule has 0 unspecified atom stereocenters. The third-order valence-corrected chi connectivity index (χ3v) is 1.74. The molecular weight excluding hydrogens is 150 g/mol. The van der Waals surface area contributed by atoms with Crippen molar-refractivity contribution in [3.63, 3.8) is 0 Å². The summed E-state index contributed by atoms with van der Waals surface area (Å²) in [7, 11) is 0. The minimum atomic E-state index is 0.379. The Morgan fingerprint density at radius 1 is 1.58 bits per heavy atom. The van der Waals surface area contributed by atoms with E-state index < -0.39 is 0 Å². The first-order valence-corrected chi connectivity index (χ1v) is 3.91. The number of nitrogens with one attached hydrogen (secondary N) is 1. The number of pyridine rings is 1. The van der Waals surface area contributed by atoms with Gasteiger partial charge in [0.05, 0.1) is 11.9 Å². The molecule has 3 N–H and O–H groups in total. The van der Waals surface area contributed by atoms with Crippen molar-refractivity contribution < 1.29 is 0 Å². The number of anilines is 1. The Balaban J connectivity index is 3.13. The van der Waals surface area contributed by atoms with Crippen LogP contribution < -0.4 is 5.73 Å². The first-order valence-electron chi connectivity index (χ1n) is 3.91. The molecule has 0 aromatic carbocycles. The molecular formula is C9H13N3. The largest absolute Gasteiger partial charge is 0.397 e. The molecule has 0 fully saturated rings. The van der Waals surface area contributed by atoms with Crippen molar-refractivity contribution in [1.82, 2.24) is 4.98 Å². The Morgan fingerprint density at radius 3 is 2.75 bits per heavy atom. The van der Waals surface area contributed by atoms with E-state index in [1.165, 1.54) is 6.21 Å². The lowest BCUT2D eigenvalue weighted by molar-refractivity contribution is 0.823. The van der Waals surface area contributed by atoms with Crippen molar-refractivity contribution in [3.8, 4) is 0 Å². The third-order valence-electron chi connectivity index (χ3n) is 1.74. The summed E-state index contributed by atoms with van der Waals surface area (Å²) in [6.45, 7) is 4.12. The van der Waals surface area contributed by atoms with Crippen molar-refractivity contribution in [2.75, 3.05) is 5.73 Å². The van der Waals surface area contributed by atoms with E-state index in [1.807, 2.05) is 6.07 Å². The van der Waals surface area contributed by atoms with Crippen molar-refractivity contribution in [1.29, 1.82) is 5.41 Å². The summed E-state index contributed by atoms with van der Waals surface area (Å²) in [6.07, 6.45) is 2.86. The second-order valence-corrected chi connectivity index (χ2v) is 3.04. The van der Waals surface area contributed by atoms with Gasteiger partial charge in [-0.2, -0.15) is 0 Å². The third kappa shape index (κ3) is 1.61. The van der Waals surface area contributed by atoms with Crippen LogP contribution >= 0.6 is 0 Å². The van der Waals surface area contributed by atoms with E-state index in [9.17, 15) is 0 Å². The molecule has 0 bridgehead atoms. The molecule has 1 aromatic rings. The zero-order chi connectivity index (χ0) is 9.14. The topological polar surface area (TPSA) is 62.8 Å². The first kappa shape index (κ1) is 8.71. The summed E-state index contributed by atoms with van der Waals surface area (Å²) in [4.78, 5) is 4.16. The van der Waals surface area contributed by atoms with Gasteiger partial charge in [0.2, 0.25) is 0 Å². The lowest BCUT2D eigenvalue weighted by Crippen LogP contribution is -1.99. The van der Waals surface area contributed by atoms with Crippen LogP contribution in [-0.4, -0.2) is 11.2 Å². The van der Waals surface area contributed by atoms with Crippen LogP contribution in [0.4, 0.5) is 5.69 Å². The van der Waals surface area contributed by atoms with E-state index in [-0.39, 0.29) is 0 Å². The summed E-state index contributed by atoms with van der Waals surface area (Å²) in [5, 5.41) is 7.09. The van der Waals surface area contributed by atoms with Gasteiger partial charge < -0.3 is 11.1 Å². The highest BCUT2D eigenvalue weighted by Crippen LogP contribution is 2.15. The molecule has 0 radical (unpaired) electrons. The summed E-state index contributed by atoms with van der Waals surface area (Å²) in [5.41, 5.74) is 7.87. The number of hydrogen-bond acceptors (Lipinski definition) is 3. The standard InChI is InChI=1S/C9H13N3/c1-6(2)9-3-7(4-10)8(11)5-12-9/h3-6,10H,11H2,1-2H3. The van der Waals surface area contributed by atoms with Gasteiger partial charge in [-0.05, 0) is 12.0 Å². The Morgan fingerprint density at radius 2 is 2.25 bits per heavy atom. The minimum Gasteiger partial charge on any atom is -0.397 e. The average Bonchev–Trinajstić information content (AvgIpc) is 2.05. The Kier molecular flexibility index (Phi) is 2.43. The molecule has 12 heavy (non-hydrogen) atoms. The van der Waals surface area contributed by atoms with Gasteiger partial charge in [-0.15, -0.1) is 0 Å². The highest BCUT2D eigenvalue weighted by Gasteiger charge is 2.03. The predicted molar refractivity (Wildman–Crippen MR) is 50.6 cm³/mol. The van der Waals surface area contributed by atoms with Gasteiger partial charge in [0.15, 0.2) is 0 Å². The van der Waals surface area contributed by atoms with Gasteiger partial charge >= 0.3 is 0 Å². The molecule has 0 aliphatic carbocycles. The number of rotatable bonds is 2. The van der Waals surface area contributed by atoms with Crippen LogP contribution in [0.2, 0.25) is 0 Å². The van der Waals surface area contributed by atoms with E-state index in [1.54, 1.807) is 6.20 Å². The maximum atomic E-state index is 7.09. The highest BCUT2D eigenvalue weighted by atomic mass is 14.7. The lowest BCUT2D eigenvalue weighted by atomic mass is 10.1. The van der Waals surface area contributed by atoms with E-state index in [0.717, 1.165) is 11.3 Å². The van der Waals surface area contributed by atoms with Crippen LogP contribution in [0.15, 0.2) is 12.3 Å². The molecule has 3 heteroatoms. The van der Waals surface area contributed by atoms with Gasteiger partial charge in [0.1, 0.15) is 0 Å². The minimum absolute atomic E-state index is 0.379. The fourth-order valence-electron chi connectivity index (χ4n) is 0.939. The SMILES string of the molecule is CC(C)c1cc(C=N)c(N)cn1. The number of nitrogen functional groups attached to an aromatic ring is 1. The lowest BCUT2D eigenvalue weighted by Gasteiger charge is -2.06. The molecule has 1 heterocycles. The van der Waals surface area contributed by atoms with Crippen molar-refractivity contribution in [2.45, 2.75) is 19.8 Å². The second kappa shape index (κ2) is 3.34. The zero-order valence-corrected chi connectivity index (χ0v) is 7.33. The number of nitrogens with two attached hydrogens (primary N) is 1. The molecule has 0 amide bonds. The Hall–Kier alpha value is -1.38. The molecule has 1 rings (SSSR count). The fourth-order valence-corrected chi connectivity index (χ4v) is 0.939. The van der Waals surface area contributed by atoms with Gasteiger partial charge in [0.25, 0.3) is 0 Å². The van der Waals surface area contributed by atoms with Crippen LogP contribution in [0.25, 0.3) is 0 Å². The van der Waals surface area contributed by atoms with Crippen LogP contribution in [0, 0.1) is 5.41 Å². The van der Waals surface area contributed by atoms with Crippen molar-refractivity contribution >= 4 is 11.9 Å². The summed E-state index contributed by atoms with van der Waals surface area (Å²) < 4.78 is 0. The number of nitrogens with zero attached hydrogens (tertiary/aromatic N) is 1. The average molecular weight is 163 g/mol. The zero-order valence-electron chi connectivity index (χ0n) is 7.33. The maximum absolute atomic E-state index is 7.09. The predicted octanol–water partition coefficient (Wildman–Crippen LogP) is 1.78. The van der Waals surface area contributed by atoms with E-state index in [2.05, 4.69) is 18.8 Å². The fraction of sp³-hybridized carbons (Fsp3) is 0.333. The quantitative estimate of drug-likeness (QED) is 0.653.